The zero-order valence-corrected chi connectivity index (χ0v) is 13.0. The first-order valence-corrected chi connectivity index (χ1v) is 7.93. The van der Waals surface area contributed by atoms with E-state index in [1.54, 1.807) is 18.2 Å². The first-order chi connectivity index (χ1) is 11.2. The molecule has 1 heterocycles. The van der Waals surface area contributed by atoms with E-state index in [0.717, 1.165) is 19.4 Å². The van der Waals surface area contributed by atoms with Crippen molar-refractivity contribution >= 4 is 5.91 Å². The van der Waals surface area contributed by atoms with Crippen molar-refractivity contribution < 1.29 is 13.9 Å². The summed E-state index contributed by atoms with van der Waals surface area (Å²) in [5, 5.41) is 0. The maximum atomic E-state index is 13.6. The van der Waals surface area contributed by atoms with Gasteiger partial charge < -0.3 is 9.64 Å². The van der Waals surface area contributed by atoms with Crippen LogP contribution in [0.4, 0.5) is 4.39 Å². The van der Waals surface area contributed by atoms with E-state index in [4.69, 9.17) is 4.74 Å². The summed E-state index contributed by atoms with van der Waals surface area (Å²) in [7, 11) is 0. The second-order valence-corrected chi connectivity index (χ2v) is 5.78. The summed E-state index contributed by atoms with van der Waals surface area (Å²) < 4.78 is 19.5. The van der Waals surface area contributed by atoms with Gasteiger partial charge in [-0.3, -0.25) is 4.79 Å². The van der Waals surface area contributed by atoms with E-state index in [2.05, 4.69) is 0 Å². The second kappa shape index (κ2) is 7.38. The molecule has 3 nitrogen and oxygen atoms in total. The topological polar surface area (TPSA) is 29.5 Å². The summed E-state index contributed by atoms with van der Waals surface area (Å²) in [6, 6.07) is 15.9. The van der Waals surface area contributed by atoms with E-state index in [-0.39, 0.29) is 24.4 Å². The van der Waals surface area contributed by atoms with E-state index < -0.39 is 0 Å². The van der Waals surface area contributed by atoms with Gasteiger partial charge in [-0.1, -0.05) is 36.4 Å². The predicted molar refractivity (Wildman–Crippen MR) is 86.6 cm³/mol. The van der Waals surface area contributed by atoms with Crippen molar-refractivity contribution in [3.05, 3.63) is 71.5 Å². The smallest absolute Gasteiger partial charge is 0.253 e. The lowest BCUT2D eigenvalue weighted by Crippen LogP contribution is -2.43. The van der Waals surface area contributed by atoms with Gasteiger partial charge in [0.1, 0.15) is 5.82 Å². The van der Waals surface area contributed by atoms with Gasteiger partial charge in [-0.2, -0.15) is 0 Å². The molecule has 1 saturated heterocycles. The monoisotopic (exact) mass is 313 g/mol. The van der Waals surface area contributed by atoms with Crippen LogP contribution in [-0.2, 0) is 11.3 Å². The molecule has 1 aliphatic rings. The molecular weight excluding hydrogens is 293 g/mol. The minimum Gasteiger partial charge on any atom is -0.372 e. The molecule has 120 valence electrons. The highest BCUT2D eigenvalue weighted by Gasteiger charge is 2.25. The van der Waals surface area contributed by atoms with Crippen LogP contribution >= 0.6 is 0 Å². The Hall–Kier alpha value is -2.20. The molecule has 1 fully saturated rings. The van der Waals surface area contributed by atoms with Crippen molar-refractivity contribution in [2.75, 3.05) is 13.1 Å². The third-order valence-corrected chi connectivity index (χ3v) is 4.12. The molecule has 4 heteroatoms. The van der Waals surface area contributed by atoms with Crippen molar-refractivity contribution in [2.24, 2.45) is 0 Å². The van der Waals surface area contributed by atoms with E-state index in [1.807, 2.05) is 35.2 Å². The molecule has 0 saturated carbocycles. The fraction of sp³-hybridized carbons (Fsp3) is 0.316. The van der Waals surface area contributed by atoms with E-state index in [0.29, 0.717) is 17.7 Å². The van der Waals surface area contributed by atoms with Crippen LogP contribution < -0.4 is 0 Å². The minimum atomic E-state index is -0.250. The summed E-state index contributed by atoms with van der Waals surface area (Å²) in [4.78, 5) is 14.3. The van der Waals surface area contributed by atoms with Gasteiger partial charge in [-0.05, 0) is 31.0 Å². The highest BCUT2D eigenvalue weighted by Crippen LogP contribution is 2.18. The first-order valence-electron chi connectivity index (χ1n) is 7.93. The molecule has 0 aliphatic carbocycles. The van der Waals surface area contributed by atoms with Crippen LogP contribution in [0.3, 0.4) is 0 Å². The lowest BCUT2D eigenvalue weighted by atomic mass is 10.1. The number of halogens is 1. The third kappa shape index (κ3) is 3.96. The van der Waals surface area contributed by atoms with Crippen LogP contribution in [0.2, 0.25) is 0 Å². The maximum absolute atomic E-state index is 13.6. The quantitative estimate of drug-likeness (QED) is 0.862. The molecule has 0 N–H and O–H groups in total. The molecule has 0 aromatic heterocycles. The molecule has 23 heavy (non-hydrogen) atoms. The number of carbonyl (C=O) groups excluding carboxylic acids is 1. The SMILES string of the molecule is O=C(c1ccccc1)N1CCCC(OCc2ccccc2F)C1. The molecule has 0 spiro atoms. The van der Waals surface area contributed by atoms with Crippen LogP contribution in [0.25, 0.3) is 0 Å². The van der Waals surface area contributed by atoms with Gasteiger partial charge in [0.25, 0.3) is 5.91 Å². The van der Waals surface area contributed by atoms with Crippen molar-refractivity contribution in [1.82, 2.24) is 4.90 Å². The van der Waals surface area contributed by atoms with Gasteiger partial charge in [0.15, 0.2) is 0 Å². The Kier molecular flexibility index (Phi) is 5.03. The number of nitrogens with zero attached hydrogens (tertiary/aromatic N) is 1. The first kappa shape index (κ1) is 15.7. The van der Waals surface area contributed by atoms with Crippen LogP contribution in [0, 0.1) is 5.82 Å². The Balaban J connectivity index is 1.58. The average molecular weight is 313 g/mol. The van der Waals surface area contributed by atoms with Crippen LogP contribution in [-0.4, -0.2) is 30.0 Å². The van der Waals surface area contributed by atoms with Crippen LogP contribution in [0.15, 0.2) is 54.6 Å². The van der Waals surface area contributed by atoms with Crippen molar-refractivity contribution in [3.8, 4) is 0 Å². The molecule has 2 aromatic rings. The number of carbonyl (C=O) groups is 1. The van der Waals surface area contributed by atoms with Crippen LogP contribution in [0.5, 0.6) is 0 Å². The highest BCUT2D eigenvalue weighted by atomic mass is 19.1. The van der Waals surface area contributed by atoms with Gasteiger partial charge in [0.05, 0.1) is 12.7 Å². The summed E-state index contributed by atoms with van der Waals surface area (Å²) in [6.45, 7) is 1.54. The third-order valence-electron chi connectivity index (χ3n) is 4.12. The second-order valence-electron chi connectivity index (χ2n) is 5.78. The molecule has 0 radical (unpaired) electrons. The standard InChI is InChI=1S/C19H20FNO2/c20-18-11-5-4-9-16(18)14-23-17-10-6-12-21(13-17)19(22)15-7-2-1-3-8-15/h1-5,7-9,11,17H,6,10,12-14H2. The summed E-state index contributed by atoms with van der Waals surface area (Å²) in [6.07, 6.45) is 1.75. The summed E-state index contributed by atoms with van der Waals surface area (Å²) >= 11 is 0. The fourth-order valence-corrected chi connectivity index (χ4v) is 2.85. The van der Waals surface area contributed by atoms with E-state index in [9.17, 15) is 9.18 Å². The zero-order chi connectivity index (χ0) is 16.1. The van der Waals surface area contributed by atoms with E-state index >= 15 is 0 Å². The Bertz CT molecular complexity index is 659. The molecule has 1 amide bonds. The average Bonchev–Trinajstić information content (AvgIpc) is 2.61. The maximum Gasteiger partial charge on any atom is 0.253 e. The molecule has 1 aliphatic heterocycles. The number of rotatable bonds is 4. The fourth-order valence-electron chi connectivity index (χ4n) is 2.85. The number of likely N-dealkylation sites (tertiary alicyclic amines) is 1. The largest absolute Gasteiger partial charge is 0.372 e. The summed E-state index contributed by atoms with van der Waals surface area (Å²) in [5.74, 6) is -0.217. The minimum absolute atomic E-state index is 0.0322. The molecule has 2 aromatic carbocycles. The number of piperidine rings is 1. The van der Waals surface area contributed by atoms with E-state index in [1.165, 1.54) is 6.07 Å². The highest BCUT2D eigenvalue weighted by molar-refractivity contribution is 5.94. The molecule has 3 rings (SSSR count). The number of hydrogen-bond acceptors (Lipinski definition) is 2. The van der Waals surface area contributed by atoms with Crippen molar-refractivity contribution in [2.45, 2.75) is 25.6 Å². The van der Waals surface area contributed by atoms with Gasteiger partial charge in [0, 0.05) is 24.2 Å². The molecule has 1 unspecified atom stereocenters. The Morgan fingerprint density at radius 3 is 2.65 bits per heavy atom. The van der Waals surface area contributed by atoms with Gasteiger partial charge in [-0.25, -0.2) is 4.39 Å². The molecular formula is C19H20FNO2. The van der Waals surface area contributed by atoms with Gasteiger partial charge >= 0.3 is 0 Å². The number of hydrogen-bond donors (Lipinski definition) is 0. The Morgan fingerprint density at radius 2 is 1.87 bits per heavy atom. The van der Waals surface area contributed by atoms with Crippen molar-refractivity contribution in [1.29, 1.82) is 0 Å². The lowest BCUT2D eigenvalue weighted by molar-refractivity contribution is -0.00761. The normalized spacial score (nSPS) is 18.0. The molecule has 0 bridgehead atoms. The zero-order valence-electron chi connectivity index (χ0n) is 13.0. The lowest BCUT2D eigenvalue weighted by Gasteiger charge is -2.32. The van der Waals surface area contributed by atoms with Gasteiger partial charge in [0.2, 0.25) is 0 Å². The summed E-state index contributed by atoms with van der Waals surface area (Å²) in [5.41, 5.74) is 1.25. The molecule has 1 atom stereocenters. The Morgan fingerprint density at radius 1 is 1.13 bits per heavy atom. The van der Waals surface area contributed by atoms with Crippen molar-refractivity contribution in [3.63, 3.8) is 0 Å². The Labute approximate surface area is 135 Å². The van der Waals surface area contributed by atoms with Gasteiger partial charge in [-0.15, -0.1) is 0 Å². The number of amides is 1. The number of ether oxygens (including phenoxy) is 1. The van der Waals surface area contributed by atoms with Crippen LogP contribution in [0.1, 0.15) is 28.8 Å². The number of benzene rings is 2. The predicted octanol–water partition coefficient (Wildman–Crippen LogP) is 3.65.